The van der Waals surface area contributed by atoms with Gasteiger partial charge in [-0.05, 0) is 34.1 Å². The fourth-order valence-corrected chi connectivity index (χ4v) is 2.44. The molecule has 21 heavy (non-hydrogen) atoms. The second kappa shape index (κ2) is 6.73. The van der Waals surface area contributed by atoms with E-state index >= 15 is 0 Å². The zero-order valence-corrected chi connectivity index (χ0v) is 13.4. The minimum Gasteiger partial charge on any atom is -0.484 e. The van der Waals surface area contributed by atoms with Crippen LogP contribution in [0.15, 0.2) is 34.8 Å². The molecule has 0 atom stereocenters. The summed E-state index contributed by atoms with van der Waals surface area (Å²) in [5, 5.41) is 0.548. The number of hydrogen-bond donors (Lipinski definition) is 0. The van der Waals surface area contributed by atoms with Crippen LogP contribution in [0, 0.1) is 11.6 Å². The monoisotopic (exact) mass is 394 g/mol. The number of benzene rings is 2. The number of hydrogen-bond acceptors (Lipinski definition) is 2. The fourth-order valence-electron chi connectivity index (χ4n) is 1.59. The largest absolute Gasteiger partial charge is 0.484 e. The maximum atomic E-state index is 13.5. The van der Waals surface area contributed by atoms with Gasteiger partial charge in [-0.1, -0.05) is 29.3 Å². The van der Waals surface area contributed by atoms with Crippen molar-refractivity contribution in [2.45, 2.75) is 0 Å². The molecule has 0 radical (unpaired) electrons. The minimum absolute atomic E-state index is 0.148. The van der Waals surface area contributed by atoms with Gasteiger partial charge in [0.05, 0.1) is 15.6 Å². The van der Waals surface area contributed by atoms with Crippen LogP contribution < -0.4 is 4.74 Å². The number of ether oxygens (including phenoxy) is 1. The first kappa shape index (κ1) is 16.2. The molecule has 0 unspecified atom stereocenters. The summed E-state index contributed by atoms with van der Waals surface area (Å²) in [6.07, 6.45) is 0. The van der Waals surface area contributed by atoms with Gasteiger partial charge in [0, 0.05) is 10.5 Å². The number of halogens is 5. The van der Waals surface area contributed by atoms with Crippen LogP contribution in [-0.2, 0) is 0 Å². The minimum atomic E-state index is -0.941. The molecule has 2 rings (SSSR count). The Hall–Kier alpha value is -1.17. The lowest BCUT2D eigenvalue weighted by Crippen LogP contribution is -2.15. The van der Waals surface area contributed by atoms with E-state index in [4.69, 9.17) is 27.9 Å². The maximum absolute atomic E-state index is 13.5. The van der Waals surface area contributed by atoms with Gasteiger partial charge >= 0.3 is 0 Å². The van der Waals surface area contributed by atoms with Crippen LogP contribution in [0.3, 0.4) is 0 Å². The molecular weight excluding hydrogens is 389 g/mol. The van der Waals surface area contributed by atoms with Crippen molar-refractivity contribution in [1.29, 1.82) is 0 Å². The van der Waals surface area contributed by atoms with E-state index in [-0.39, 0.29) is 10.8 Å². The second-order valence-electron chi connectivity index (χ2n) is 4.01. The van der Waals surface area contributed by atoms with Crippen molar-refractivity contribution in [3.8, 4) is 5.75 Å². The molecule has 0 aliphatic heterocycles. The SMILES string of the molecule is O=C(COc1cc(Cl)c(Br)cc1Cl)c1c(F)cccc1F. The van der Waals surface area contributed by atoms with Crippen LogP contribution in [-0.4, -0.2) is 12.4 Å². The lowest BCUT2D eigenvalue weighted by Gasteiger charge is -2.09. The van der Waals surface area contributed by atoms with Crippen LogP contribution in [0.25, 0.3) is 0 Å². The standard InChI is InChI=1S/C14H7BrCl2F2O2/c15-7-4-9(17)13(5-8(7)16)21-6-12(20)14-10(18)2-1-3-11(14)19/h1-5H,6H2. The topological polar surface area (TPSA) is 26.3 Å². The molecule has 0 aliphatic carbocycles. The lowest BCUT2D eigenvalue weighted by atomic mass is 10.1. The van der Waals surface area contributed by atoms with E-state index in [0.717, 1.165) is 12.1 Å². The molecule has 2 aromatic rings. The quantitative estimate of drug-likeness (QED) is 0.519. The van der Waals surface area contributed by atoms with Crippen molar-refractivity contribution in [2.24, 2.45) is 0 Å². The Morgan fingerprint density at radius 2 is 1.76 bits per heavy atom. The van der Waals surface area contributed by atoms with Crippen LogP contribution in [0.2, 0.25) is 10.0 Å². The first-order chi connectivity index (χ1) is 9.90. The Morgan fingerprint density at radius 1 is 1.14 bits per heavy atom. The zero-order valence-electron chi connectivity index (χ0n) is 10.3. The Kier molecular flexibility index (Phi) is 5.19. The third-order valence-corrected chi connectivity index (χ3v) is 4.07. The Bertz CT molecular complexity index is 687. The van der Waals surface area contributed by atoms with Gasteiger partial charge in [-0.25, -0.2) is 8.78 Å². The van der Waals surface area contributed by atoms with E-state index in [9.17, 15) is 13.6 Å². The summed E-state index contributed by atoms with van der Waals surface area (Å²) < 4.78 is 32.6. The first-order valence-corrected chi connectivity index (χ1v) is 7.19. The number of rotatable bonds is 4. The molecule has 0 bridgehead atoms. The van der Waals surface area contributed by atoms with Gasteiger partial charge < -0.3 is 4.74 Å². The van der Waals surface area contributed by atoms with Crippen molar-refractivity contribution in [3.05, 3.63) is 62.0 Å². The summed E-state index contributed by atoms with van der Waals surface area (Å²) >= 11 is 15.0. The van der Waals surface area contributed by atoms with Crippen molar-refractivity contribution in [1.82, 2.24) is 0 Å². The van der Waals surface area contributed by atoms with Crippen LogP contribution >= 0.6 is 39.1 Å². The van der Waals surface area contributed by atoms with Gasteiger partial charge in [-0.15, -0.1) is 0 Å². The predicted molar refractivity (Wildman–Crippen MR) is 80.3 cm³/mol. The van der Waals surface area contributed by atoms with Gasteiger partial charge in [-0.2, -0.15) is 0 Å². The number of Topliss-reactive ketones (excluding diaryl/α,β-unsaturated/α-hetero) is 1. The highest BCUT2D eigenvalue weighted by Gasteiger charge is 2.18. The molecule has 0 saturated heterocycles. The van der Waals surface area contributed by atoms with E-state index in [2.05, 4.69) is 15.9 Å². The summed E-state index contributed by atoms with van der Waals surface area (Å²) in [6, 6.07) is 6.07. The summed E-state index contributed by atoms with van der Waals surface area (Å²) in [6.45, 7) is -0.560. The van der Waals surface area contributed by atoms with E-state index in [1.807, 2.05) is 0 Å². The normalized spacial score (nSPS) is 10.5. The van der Waals surface area contributed by atoms with E-state index in [1.54, 1.807) is 0 Å². The molecular formula is C14H7BrCl2F2O2. The van der Waals surface area contributed by atoms with E-state index < -0.39 is 29.6 Å². The summed E-state index contributed by atoms with van der Waals surface area (Å²) in [7, 11) is 0. The van der Waals surface area contributed by atoms with Gasteiger partial charge in [0.1, 0.15) is 17.4 Å². The molecule has 0 heterocycles. The van der Waals surface area contributed by atoms with Crippen molar-refractivity contribution in [3.63, 3.8) is 0 Å². The van der Waals surface area contributed by atoms with Gasteiger partial charge in [0.15, 0.2) is 6.61 Å². The number of carbonyl (C=O) groups is 1. The van der Waals surface area contributed by atoms with Gasteiger partial charge in [0.25, 0.3) is 0 Å². The van der Waals surface area contributed by atoms with Crippen molar-refractivity contribution < 1.29 is 18.3 Å². The summed E-state index contributed by atoms with van der Waals surface area (Å²) in [4.78, 5) is 11.8. The molecule has 7 heteroatoms. The highest BCUT2D eigenvalue weighted by Crippen LogP contribution is 2.34. The number of ketones is 1. The summed E-state index contributed by atoms with van der Waals surface area (Å²) in [5.74, 6) is -2.57. The second-order valence-corrected chi connectivity index (χ2v) is 5.67. The molecule has 0 aliphatic rings. The van der Waals surface area contributed by atoms with Gasteiger partial charge in [0.2, 0.25) is 5.78 Å². The van der Waals surface area contributed by atoms with E-state index in [1.165, 1.54) is 18.2 Å². The third-order valence-electron chi connectivity index (χ3n) is 2.58. The average molecular weight is 396 g/mol. The molecule has 110 valence electrons. The zero-order chi connectivity index (χ0) is 15.6. The summed E-state index contributed by atoms with van der Waals surface area (Å²) in [5.41, 5.74) is -0.642. The average Bonchev–Trinajstić information content (AvgIpc) is 2.41. The highest BCUT2D eigenvalue weighted by molar-refractivity contribution is 9.10. The maximum Gasteiger partial charge on any atom is 0.206 e. The molecule has 2 nitrogen and oxygen atoms in total. The molecule has 0 aromatic heterocycles. The molecule has 0 spiro atoms. The third kappa shape index (κ3) is 3.73. The lowest BCUT2D eigenvalue weighted by molar-refractivity contribution is 0.0913. The van der Waals surface area contributed by atoms with Gasteiger partial charge in [-0.3, -0.25) is 4.79 Å². The molecule has 0 saturated carbocycles. The first-order valence-electron chi connectivity index (χ1n) is 5.64. The van der Waals surface area contributed by atoms with Crippen molar-refractivity contribution >= 4 is 44.9 Å². The molecule has 0 fully saturated rings. The Labute approximate surface area is 137 Å². The molecule has 2 aromatic carbocycles. The van der Waals surface area contributed by atoms with Crippen molar-refractivity contribution in [2.75, 3.05) is 6.61 Å². The van der Waals surface area contributed by atoms with Crippen LogP contribution in [0.5, 0.6) is 5.75 Å². The van der Waals surface area contributed by atoms with Crippen LogP contribution in [0.1, 0.15) is 10.4 Å². The predicted octanol–water partition coefficient (Wildman–Crippen LogP) is 5.30. The Balaban J connectivity index is 2.17. The Morgan fingerprint density at radius 3 is 2.38 bits per heavy atom. The smallest absolute Gasteiger partial charge is 0.206 e. The fraction of sp³-hybridized carbons (Fsp3) is 0.0714. The van der Waals surface area contributed by atoms with Crippen LogP contribution in [0.4, 0.5) is 8.78 Å². The number of carbonyl (C=O) groups excluding carboxylic acids is 1. The van der Waals surface area contributed by atoms with E-state index in [0.29, 0.717) is 9.50 Å². The molecule has 0 N–H and O–H groups in total. The highest BCUT2D eigenvalue weighted by atomic mass is 79.9. The molecule has 0 amide bonds.